The van der Waals surface area contributed by atoms with Gasteiger partial charge >= 0.3 is 0 Å². The second-order valence-electron chi connectivity index (χ2n) is 2.21. The highest BCUT2D eigenvalue weighted by Crippen LogP contribution is 2.26. The Hall–Kier alpha value is -1.90. The van der Waals surface area contributed by atoms with Crippen molar-refractivity contribution >= 4 is 0 Å². The summed E-state index contributed by atoms with van der Waals surface area (Å²) in [7, 11) is 0. The van der Waals surface area contributed by atoms with Gasteiger partial charge in [-0.25, -0.2) is 8.78 Å². The zero-order chi connectivity index (χ0) is 10.0. The minimum atomic E-state index is -3.10. The summed E-state index contributed by atoms with van der Waals surface area (Å²) in [5.41, 5.74) is -2.54. The van der Waals surface area contributed by atoms with Crippen molar-refractivity contribution in [1.29, 1.82) is 5.26 Å². The molecule has 4 nitrogen and oxygen atoms in total. The minimum absolute atomic E-state index is 0.380. The van der Waals surface area contributed by atoms with Gasteiger partial charge in [-0.1, -0.05) is 0 Å². The predicted octanol–water partition coefficient (Wildman–Crippen LogP) is 0.890. The van der Waals surface area contributed by atoms with E-state index in [0.717, 1.165) is 6.20 Å². The lowest BCUT2D eigenvalue weighted by molar-refractivity contribution is 0.145. The number of hydrogen-bond acceptors (Lipinski definition) is 3. The molecule has 0 aliphatic heterocycles. The van der Waals surface area contributed by atoms with E-state index in [9.17, 15) is 13.6 Å². The van der Waals surface area contributed by atoms with Gasteiger partial charge in [-0.3, -0.25) is 4.79 Å². The number of nitrogens with zero attached hydrogens (tertiary/aromatic N) is 1. The van der Waals surface area contributed by atoms with Gasteiger partial charge in [-0.15, -0.1) is 0 Å². The first kappa shape index (κ1) is 9.19. The molecule has 0 aromatic carbocycles. The molecule has 1 heterocycles. The summed E-state index contributed by atoms with van der Waals surface area (Å²) in [6, 6.07) is 1.46. The number of H-pyrrole nitrogens is 1. The van der Waals surface area contributed by atoms with Crippen LogP contribution in [0.5, 0.6) is 5.75 Å². The number of pyridine rings is 1. The molecule has 13 heavy (non-hydrogen) atoms. The van der Waals surface area contributed by atoms with E-state index in [1.807, 2.05) is 4.98 Å². The second-order valence-corrected chi connectivity index (χ2v) is 2.21. The lowest BCUT2D eigenvalue weighted by Crippen LogP contribution is -2.13. The van der Waals surface area contributed by atoms with Crippen LogP contribution in [0.15, 0.2) is 11.0 Å². The van der Waals surface area contributed by atoms with Crippen molar-refractivity contribution in [2.24, 2.45) is 0 Å². The Morgan fingerprint density at radius 2 is 2.23 bits per heavy atom. The summed E-state index contributed by atoms with van der Waals surface area (Å²) in [6.45, 7) is 0. The molecule has 68 valence electrons. The van der Waals surface area contributed by atoms with E-state index >= 15 is 0 Å². The number of alkyl halides is 2. The fourth-order valence-corrected chi connectivity index (χ4v) is 0.824. The Balaban J connectivity index is 3.50. The molecule has 0 radical (unpaired) electrons. The van der Waals surface area contributed by atoms with Crippen LogP contribution in [-0.2, 0) is 0 Å². The van der Waals surface area contributed by atoms with Crippen LogP contribution < -0.4 is 5.56 Å². The van der Waals surface area contributed by atoms with Gasteiger partial charge in [0.05, 0.1) is 0 Å². The standard InChI is InChI=1S/C7H4F2N2O2/c8-6(9)4-5(12)3(1-10)2-11-7(4)13/h2,6H,(H2,11,12,13). The molecule has 1 aromatic rings. The average Bonchev–Trinajstić information content (AvgIpc) is 2.04. The van der Waals surface area contributed by atoms with Gasteiger partial charge in [-0.05, 0) is 0 Å². The van der Waals surface area contributed by atoms with E-state index in [-0.39, 0.29) is 5.56 Å². The van der Waals surface area contributed by atoms with E-state index in [4.69, 9.17) is 10.4 Å². The molecule has 0 saturated carbocycles. The molecular formula is C7H4F2N2O2. The van der Waals surface area contributed by atoms with E-state index in [1.54, 1.807) is 0 Å². The lowest BCUT2D eigenvalue weighted by atomic mass is 10.2. The first-order valence-corrected chi connectivity index (χ1v) is 3.20. The zero-order valence-corrected chi connectivity index (χ0v) is 6.21. The number of hydrogen-bond donors (Lipinski definition) is 2. The first-order valence-electron chi connectivity index (χ1n) is 3.20. The highest BCUT2D eigenvalue weighted by molar-refractivity contribution is 5.45. The van der Waals surface area contributed by atoms with Gasteiger partial charge in [-0.2, -0.15) is 5.26 Å². The first-order chi connectivity index (χ1) is 6.07. The quantitative estimate of drug-likeness (QED) is 0.683. The molecule has 1 aromatic heterocycles. The van der Waals surface area contributed by atoms with E-state index in [2.05, 4.69) is 0 Å². The number of nitrogens with one attached hydrogen (secondary N) is 1. The van der Waals surface area contributed by atoms with Gasteiger partial charge < -0.3 is 10.1 Å². The highest BCUT2D eigenvalue weighted by Gasteiger charge is 2.19. The summed E-state index contributed by atoms with van der Waals surface area (Å²) in [5, 5.41) is 17.4. The Morgan fingerprint density at radius 1 is 1.62 bits per heavy atom. The number of nitriles is 1. The summed E-state index contributed by atoms with van der Waals surface area (Å²) < 4.78 is 24.2. The average molecular weight is 186 g/mol. The third kappa shape index (κ3) is 1.49. The Labute approximate surface area is 71.1 Å². The van der Waals surface area contributed by atoms with Gasteiger partial charge in [0, 0.05) is 6.20 Å². The molecule has 0 bridgehead atoms. The third-order valence-corrected chi connectivity index (χ3v) is 1.44. The van der Waals surface area contributed by atoms with Gasteiger partial charge in [0.2, 0.25) is 0 Å². The second kappa shape index (κ2) is 3.23. The van der Waals surface area contributed by atoms with Crippen LogP contribution in [0.2, 0.25) is 0 Å². The zero-order valence-electron chi connectivity index (χ0n) is 6.21. The molecule has 0 aliphatic carbocycles. The topological polar surface area (TPSA) is 76.9 Å². The number of rotatable bonds is 1. The predicted molar refractivity (Wildman–Crippen MR) is 38.4 cm³/mol. The van der Waals surface area contributed by atoms with Crippen LogP contribution in [0.25, 0.3) is 0 Å². The highest BCUT2D eigenvalue weighted by atomic mass is 19.3. The van der Waals surface area contributed by atoms with Crippen molar-refractivity contribution in [1.82, 2.24) is 4.98 Å². The lowest BCUT2D eigenvalue weighted by Gasteiger charge is -2.01. The molecule has 0 saturated heterocycles. The van der Waals surface area contributed by atoms with Crippen molar-refractivity contribution in [2.45, 2.75) is 6.43 Å². The molecule has 0 aliphatic rings. The molecular weight excluding hydrogens is 182 g/mol. The van der Waals surface area contributed by atoms with Crippen LogP contribution in [0.1, 0.15) is 17.6 Å². The van der Waals surface area contributed by atoms with Crippen molar-refractivity contribution in [3.05, 3.63) is 27.7 Å². The summed E-state index contributed by atoms with van der Waals surface area (Å²) in [5.74, 6) is -0.957. The molecule has 0 spiro atoms. The van der Waals surface area contributed by atoms with E-state index in [0.29, 0.717) is 0 Å². The van der Waals surface area contributed by atoms with Crippen molar-refractivity contribution in [3.63, 3.8) is 0 Å². The number of aromatic hydroxyl groups is 1. The number of aromatic amines is 1. The molecule has 2 N–H and O–H groups in total. The summed E-state index contributed by atoms with van der Waals surface area (Å²) in [4.78, 5) is 12.7. The van der Waals surface area contributed by atoms with Gasteiger partial charge in [0.25, 0.3) is 12.0 Å². The smallest absolute Gasteiger partial charge is 0.272 e. The monoisotopic (exact) mass is 186 g/mol. The molecule has 0 unspecified atom stereocenters. The number of halogens is 2. The molecule has 1 rings (SSSR count). The Morgan fingerprint density at radius 3 is 2.69 bits per heavy atom. The Bertz CT molecular complexity index is 419. The van der Waals surface area contributed by atoms with Crippen LogP contribution in [-0.4, -0.2) is 10.1 Å². The SMILES string of the molecule is N#Cc1c[nH]c(=O)c(C(F)F)c1O. The van der Waals surface area contributed by atoms with Gasteiger partial charge in [0.15, 0.2) is 0 Å². The number of aromatic nitrogens is 1. The maximum atomic E-state index is 12.1. The van der Waals surface area contributed by atoms with Crippen molar-refractivity contribution < 1.29 is 13.9 Å². The maximum absolute atomic E-state index is 12.1. The van der Waals surface area contributed by atoms with Crippen LogP contribution in [0.4, 0.5) is 8.78 Å². The van der Waals surface area contributed by atoms with Crippen LogP contribution in [0, 0.1) is 11.3 Å². The normalized spacial score (nSPS) is 10.0. The third-order valence-electron chi connectivity index (χ3n) is 1.44. The van der Waals surface area contributed by atoms with E-state index in [1.165, 1.54) is 6.07 Å². The summed E-state index contributed by atoms with van der Waals surface area (Å²) >= 11 is 0. The van der Waals surface area contributed by atoms with Crippen molar-refractivity contribution in [2.75, 3.05) is 0 Å². The molecule has 0 amide bonds. The van der Waals surface area contributed by atoms with Crippen LogP contribution in [0.3, 0.4) is 0 Å². The molecule has 0 fully saturated rings. The molecule has 6 heteroatoms. The van der Waals surface area contributed by atoms with Crippen molar-refractivity contribution in [3.8, 4) is 11.8 Å². The Kier molecular flexibility index (Phi) is 2.28. The fraction of sp³-hybridized carbons (Fsp3) is 0.143. The summed E-state index contributed by atoms with van der Waals surface area (Å²) in [6.07, 6.45) is -2.22. The molecule has 0 atom stereocenters. The van der Waals surface area contributed by atoms with E-state index < -0.39 is 23.3 Å². The van der Waals surface area contributed by atoms with Gasteiger partial charge in [0.1, 0.15) is 22.9 Å². The maximum Gasteiger partial charge on any atom is 0.272 e. The van der Waals surface area contributed by atoms with Crippen LogP contribution >= 0.6 is 0 Å². The minimum Gasteiger partial charge on any atom is -0.506 e. The largest absolute Gasteiger partial charge is 0.506 e. The fourth-order valence-electron chi connectivity index (χ4n) is 0.824.